The molecular weight excluding hydrogens is 326 g/mol. The SMILES string of the molecule is O=C(C1CNC1)N1CCN(S(=O)(=O)c2ccccc2Cl)CC1. The lowest BCUT2D eigenvalue weighted by atomic mass is 10.0. The third-order valence-corrected chi connectivity index (χ3v) is 6.53. The molecule has 6 nitrogen and oxygen atoms in total. The number of amides is 1. The van der Waals surface area contributed by atoms with Gasteiger partial charge in [0.2, 0.25) is 15.9 Å². The number of sulfonamides is 1. The topological polar surface area (TPSA) is 69.7 Å². The number of hydrogen-bond acceptors (Lipinski definition) is 4. The summed E-state index contributed by atoms with van der Waals surface area (Å²) in [6, 6.07) is 6.43. The van der Waals surface area contributed by atoms with E-state index in [9.17, 15) is 13.2 Å². The highest BCUT2D eigenvalue weighted by Gasteiger charge is 2.34. The summed E-state index contributed by atoms with van der Waals surface area (Å²) in [6.07, 6.45) is 0. The van der Waals surface area contributed by atoms with Gasteiger partial charge < -0.3 is 10.2 Å². The monoisotopic (exact) mass is 343 g/mol. The molecule has 1 N–H and O–H groups in total. The molecule has 1 amide bonds. The fourth-order valence-electron chi connectivity index (χ4n) is 2.66. The van der Waals surface area contributed by atoms with E-state index < -0.39 is 10.0 Å². The summed E-state index contributed by atoms with van der Waals surface area (Å²) in [5.74, 6) is 0.167. The van der Waals surface area contributed by atoms with E-state index in [0.29, 0.717) is 26.2 Å². The first-order chi connectivity index (χ1) is 10.5. The van der Waals surface area contributed by atoms with E-state index in [1.807, 2.05) is 0 Å². The quantitative estimate of drug-likeness (QED) is 0.862. The molecule has 2 aliphatic rings. The lowest BCUT2D eigenvalue weighted by Gasteiger charge is -2.38. The Morgan fingerprint density at radius 1 is 1.14 bits per heavy atom. The summed E-state index contributed by atoms with van der Waals surface area (Å²) < 4.78 is 26.6. The number of carbonyl (C=O) groups is 1. The zero-order valence-corrected chi connectivity index (χ0v) is 13.6. The minimum Gasteiger partial charge on any atom is -0.340 e. The van der Waals surface area contributed by atoms with Crippen molar-refractivity contribution >= 4 is 27.5 Å². The van der Waals surface area contributed by atoms with Gasteiger partial charge in [-0.2, -0.15) is 4.31 Å². The number of benzene rings is 1. The molecule has 0 unspecified atom stereocenters. The Labute approximate surface area is 135 Å². The maximum absolute atomic E-state index is 12.6. The molecule has 2 saturated heterocycles. The van der Waals surface area contributed by atoms with Gasteiger partial charge in [-0.25, -0.2) is 8.42 Å². The van der Waals surface area contributed by atoms with Crippen LogP contribution < -0.4 is 5.32 Å². The highest BCUT2D eigenvalue weighted by molar-refractivity contribution is 7.89. The molecule has 2 heterocycles. The number of piperazine rings is 1. The van der Waals surface area contributed by atoms with Crippen LogP contribution in [0.3, 0.4) is 0 Å². The van der Waals surface area contributed by atoms with Gasteiger partial charge >= 0.3 is 0 Å². The maximum atomic E-state index is 12.6. The first kappa shape index (κ1) is 15.7. The van der Waals surface area contributed by atoms with Crippen molar-refractivity contribution in [1.82, 2.24) is 14.5 Å². The number of hydrogen-bond donors (Lipinski definition) is 1. The average Bonchev–Trinajstić information content (AvgIpc) is 2.46. The second kappa shape index (κ2) is 6.16. The lowest BCUT2D eigenvalue weighted by Crippen LogP contribution is -2.57. The van der Waals surface area contributed by atoms with Gasteiger partial charge in [-0.1, -0.05) is 23.7 Å². The van der Waals surface area contributed by atoms with E-state index in [-0.39, 0.29) is 21.7 Å². The highest BCUT2D eigenvalue weighted by Crippen LogP contribution is 2.25. The minimum absolute atomic E-state index is 0.0479. The van der Waals surface area contributed by atoms with E-state index in [1.54, 1.807) is 23.1 Å². The smallest absolute Gasteiger partial charge is 0.244 e. The van der Waals surface area contributed by atoms with Gasteiger partial charge in [-0.3, -0.25) is 4.79 Å². The van der Waals surface area contributed by atoms with Gasteiger partial charge in [0.15, 0.2) is 0 Å². The number of nitrogens with one attached hydrogen (secondary N) is 1. The average molecular weight is 344 g/mol. The Morgan fingerprint density at radius 3 is 2.32 bits per heavy atom. The number of rotatable bonds is 3. The van der Waals surface area contributed by atoms with Gasteiger partial charge in [0.05, 0.1) is 10.9 Å². The summed E-state index contributed by atoms with van der Waals surface area (Å²) in [6.45, 7) is 2.91. The van der Waals surface area contributed by atoms with Crippen LogP contribution in [0.4, 0.5) is 0 Å². The second-order valence-corrected chi connectivity index (χ2v) is 7.83. The van der Waals surface area contributed by atoms with Crippen molar-refractivity contribution in [3.8, 4) is 0 Å². The third kappa shape index (κ3) is 2.86. The first-order valence-corrected chi connectivity index (χ1v) is 9.06. The van der Waals surface area contributed by atoms with Crippen LogP contribution in [0.1, 0.15) is 0 Å². The zero-order valence-electron chi connectivity index (χ0n) is 12.0. The lowest BCUT2D eigenvalue weighted by molar-refractivity contribution is -0.138. The molecule has 0 spiro atoms. The summed E-state index contributed by atoms with van der Waals surface area (Å²) in [7, 11) is -3.60. The van der Waals surface area contributed by atoms with Crippen molar-refractivity contribution in [2.75, 3.05) is 39.3 Å². The van der Waals surface area contributed by atoms with Crippen LogP contribution in [-0.2, 0) is 14.8 Å². The van der Waals surface area contributed by atoms with Crippen molar-refractivity contribution in [2.45, 2.75) is 4.90 Å². The summed E-state index contributed by atoms with van der Waals surface area (Å²) in [5, 5.41) is 3.30. The Morgan fingerprint density at radius 2 is 1.77 bits per heavy atom. The van der Waals surface area contributed by atoms with Crippen molar-refractivity contribution in [3.63, 3.8) is 0 Å². The van der Waals surface area contributed by atoms with Crippen molar-refractivity contribution < 1.29 is 13.2 Å². The van der Waals surface area contributed by atoms with Crippen LogP contribution in [0.25, 0.3) is 0 Å². The Bertz CT molecular complexity index is 668. The molecule has 0 aromatic heterocycles. The molecule has 22 heavy (non-hydrogen) atoms. The van der Waals surface area contributed by atoms with Crippen LogP contribution in [0, 0.1) is 5.92 Å². The molecule has 0 atom stereocenters. The van der Waals surface area contributed by atoms with Crippen LogP contribution in [0.15, 0.2) is 29.2 Å². The number of carbonyl (C=O) groups excluding carboxylic acids is 1. The largest absolute Gasteiger partial charge is 0.340 e. The second-order valence-electron chi connectivity index (χ2n) is 5.51. The van der Waals surface area contributed by atoms with E-state index >= 15 is 0 Å². The van der Waals surface area contributed by atoms with E-state index in [0.717, 1.165) is 13.1 Å². The summed E-state index contributed by atoms with van der Waals surface area (Å²) in [5.41, 5.74) is 0. The van der Waals surface area contributed by atoms with Gasteiger partial charge in [-0.15, -0.1) is 0 Å². The molecule has 8 heteroatoms. The van der Waals surface area contributed by atoms with Gasteiger partial charge in [0.1, 0.15) is 4.90 Å². The summed E-state index contributed by atoms with van der Waals surface area (Å²) >= 11 is 6.00. The molecule has 3 rings (SSSR count). The molecule has 1 aromatic carbocycles. The third-order valence-electron chi connectivity index (χ3n) is 4.14. The molecule has 0 saturated carbocycles. The predicted octanol–water partition coefficient (Wildman–Crippen LogP) is 0.392. The molecule has 0 aliphatic carbocycles. The van der Waals surface area contributed by atoms with E-state index in [1.165, 1.54) is 10.4 Å². The minimum atomic E-state index is -3.60. The van der Waals surface area contributed by atoms with E-state index in [2.05, 4.69) is 5.32 Å². The van der Waals surface area contributed by atoms with Gasteiger partial charge in [0.25, 0.3) is 0 Å². The van der Waals surface area contributed by atoms with Crippen LogP contribution >= 0.6 is 11.6 Å². The van der Waals surface area contributed by atoms with Crippen LogP contribution in [0.2, 0.25) is 5.02 Å². The maximum Gasteiger partial charge on any atom is 0.244 e. The van der Waals surface area contributed by atoms with Gasteiger partial charge in [-0.05, 0) is 12.1 Å². The highest BCUT2D eigenvalue weighted by atomic mass is 35.5. The number of halogens is 1. The molecule has 1 aromatic rings. The predicted molar refractivity (Wildman–Crippen MR) is 83.2 cm³/mol. The van der Waals surface area contributed by atoms with Gasteiger partial charge in [0, 0.05) is 39.3 Å². The Balaban J connectivity index is 1.68. The molecule has 0 radical (unpaired) electrons. The molecule has 120 valence electrons. The fourth-order valence-corrected chi connectivity index (χ4v) is 4.58. The fraction of sp³-hybridized carbons (Fsp3) is 0.500. The first-order valence-electron chi connectivity index (χ1n) is 7.24. The van der Waals surface area contributed by atoms with Crippen molar-refractivity contribution in [3.05, 3.63) is 29.3 Å². The Hall–Kier alpha value is -1.15. The van der Waals surface area contributed by atoms with Crippen molar-refractivity contribution in [2.24, 2.45) is 5.92 Å². The molecule has 2 aliphatic heterocycles. The van der Waals surface area contributed by atoms with Crippen molar-refractivity contribution in [1.29, 1.82) is 0 Å². The normalized spacial score (nSPS) is 20.7. The standard InChI is InChI=1S/C14H18ClN3O3S/c15-12-3-1-2-4-13(12)22(20,21)18-7-5-17(6-8-18)14(19)11-9-16-10-11/h1-4,11,16H,5-10H2. The summed E-state index contributed by atoms with van der Waals surface area (Å²) in [4.78, 5) is 14.0. The molecule has 2 fully saturated rings. The van der Waals surface area contributed by atoms with E-state index in [4.69, 9.17) is 11.6 Å². The van der Waals surface area contributed by atoms with Crippen LogP contribution in [-0.4, -0.2) is 62.8 Å². The number of nitrogens with zero attached hydrogens (tertiary/aromatic N) is 2. The van der Waals surface area contributed by atoms with Crippen LogP contribution in [0.5, 0.6) is 0 Å². The molecular formula is C14H18ClN3O3S. The Kier molecular flexibility index (Phi) is 4.40. The zero-order chi connectivity index (χ0) is 15.7. The molecule has 0 bridgehead atoms.